The van der Waals surface area contributed by atoms with Crippen LogP contribution in [0.25, 0.3) is 0 Å². The summed E-state index contributed by atoms with van der Waals surface area (Å²) in [5.74, 6) is -0.400. The summed E-state index contributed by atoms with van der Waals surface area (Å²) in [6.45, 7) is 0. The van der Waals surface area contributed by atoms with Crippen molar-refractivity contribution in [3.8, 4) is 6.07 Å². The Balaban J connectivity index is 2.20. The molecule has 0 atom stereocenters. The molecule has 0 N–H and O–H groups in total. The van der Waals surface area contributed by atoms with E-state index in [4.69, 9.17) is 11.6 Å². The maximum Gasteiger partial charge on any atom is 0.141 e. The topological polar surface area (TPSA) is 23.8 Å². The second-order valence-electron chi connectivity index (χ2n) is 4.52. The van der Waals surface area contributed by atoms with Crippen LogP contribution in [0.1, 0.15) is 31.2 Å². The summed E-state index contributed by atoms with van der Waals surface area (Å²) in [5.41, 5.74) is 0.705. The van der Waals surface area contributed by atoms with Crippen molar-refractivity contribution in [1.29, 1.82) is 5.26 Å². The highest BCUT2D eigenvalue weighted by molar-refractivity contribution is 6.30. The molecule has 0 saturated heterocycles. The van der Waals surface area contributed by atoms with Gasteiger partial charge in [-0.1, -0.05) is 30.5 Å². The predicted octanol–water partition coefficient (Wildman–Crippen LogP) is 4.11. The van der Waals surface area contributed by atoms with Gasteiger partial charge in [-0.15, -0.1) is 0 Å². The predicted molar refractivity (Wildman–Crippen MR) is 61.6 cm³/mol. The zero-order valence-corrected chi connectivity index (χ0v) is 9.73. The monoisotopic (exact) mass is 237 g/mol. The van der Waals surface area contributed by atoms with Crippen molar-refractivity contribution in [3.63, 3.8) is 0 Å². The number of nitrogens with zero attached hydrogens (tertiary/aromatic N) is 1. The van der Waals surface area contributed by atoms with Gasteiger partial charge in [0.05, 0.1) is 16.5 Å². The van der Waals surface area contributed by atoms with Crippen molar-refractivity contribution in [1.82, 2.24) is 0 Å². The first-order chi connectivity index (χ1) is 7.65. The molecule has 1 fully saturated rings. The van der Waals surface area contributed by atoms with E-state index in [-0.39, 0.29) is 10.4 Å². The first kappa shape index (κ1) is 11.4. The van der Waals surface area contributed by atoms with Crippen molar-refractivity contribution in [2.24, 2.45) is 5.41 Å². The van der Waals surface area contributed by atoms with E-state index in [2.05, 4.69) is 6.07 Å². The molecular weight excluding hydrogens is 225 g/mol. The minimum absolute atomic E-state index is 0.142. The molecule has 0 bridgehead atoms. The molecule has 3 heteroatoms. The van der Waals surface area contributed by atoms with Crippen LogP contribution in [0.3, 0.4) is 0 Å². The van der Waals surface area contributed by atoms with Gasteiger partial charge in [0.1, 0.15) is 5.82 Å². The van der Waals surface area contributed by atoms with Gasteiger partial charge in [-0.25, -0.2) is 4.39 Å². The highest BCUT2D eigenvalue weighted by Crippen LogP contribution is 2.40. The van der Waals surface area contributed by atoms with Gasteiger partial charge in [0, 0.05) is 0 Å². The third-order valence-electron chi connectivity index (χ3n) is 3.32. The minimum atomic E-state index is -0.400. The largest absolute Gasteiger partial charge is 0.205 e. The fourth-order valence-electron chi connectivity index (χ4n) is 2.42. The van der Waals surface area contributed by atoms with Crippen LogP contribution in [-0.4, -0.2) is 0 Å². The van der Waals surface area contributed by atoms with Gasteiger partial charge in [0.25, 0.3) is 0 Å². The van der Waals surface area contributed by atoms with Crippen molar-refractivity contribution >= 4 is 11.6 Å². The summed E-state index contributed by atoms with van der Waals surface area (Å²) >= 11 is 5.73. The van der Waals surface area contributed by atoms with E-state index in [0.29, 0.717) is 6.42 Å². The molecule has 0 spiro atoms. The highest BCUT2D eigenvalue weighted by atomic mass is 35.5. The average molecular weight is 238 g/mol. The summed E-state index contributed by atoms with van der Waals surface area (Å²) < 4.78 is 13.0. The molecule has 0 heterocycles. The van der Waals surface area contributed by atoms with Crippen LogP contribution in [0.2, 0.25) is 5.02 Å². The highest BCUT2D eigenvalue weighted by Gasteiger charge is 2.33. The van der Waals surface area contributed by atoms with E-state index in [0.717, 1.165) is 31.2 Å². The lowest BCUT2D eigenvalue weighted by atomic mass is 9.81. The van der Waals surface area contributed by atoms with Crippen LogP contribution in [0.5, 0.6) is 0 Å². The molecule has 1 nitrogen and oxygen atoms in total. The number of hydrogen-bond donors (Lipinski definition) is 0. The molecule has 0 radical (unpaired) electrons. The normalized spacial score (nSPS) is 18.3. The second-order valence-corrected chi connectivity index (χ2v) is 4.93. The summed E-state index contributed by atoms with van der Waals surface area (Å²) in [4.78, 5) is 0. The standard InChI is InChI=1S/C13H13ClFN/c14-11-7-10(3-4-12(11)15)8-13(9-16)5-1-2-6-13/h3-4,7H,1-2,5-6,8H2. The van der Waals surface area contributed by atoms with Gasteiger partial charge in [-0.05, 0) is 37.0 Å². The first-order valence-electron chi connectivity index (χ1n) is 5.50. The Kier molecular flexibility index (Phi) is 3.16. The van der Waals surface area contributed by atoms with E-state index >= 15 is 0 Å². The summed E-state index contributed by atoms with van der Waals surface area (Å²) in [6, 6.07) is 7.15. The van der Waals surface area contributed by atoms with Gasteiger partial charge in [-0.2, -0.15) is 5.26 Å². The molecule has 2 rings (SSSR count). The summed E-state index contributed by atoms with van der Waals surface area (Å²) in [7, 11) is 0. The molecule has 1 aliphatic carbocycles. The fourth-order valence-corrected chi connectivity index (χ4v) is 2.62. The second kappa shape index (κ2) is 4.43. The Bertz CT molecular complexity index is 430. The maximum atomic E-state index is 13.0. The zero-order chi connectivity index (χ0) is 11.6. The Morgan fingerprint density at radius 3 is 2.62 bits per heavy atom. The van der Waals surface area contributed by atoms with E-state index in [1.165, 1.54) is 6.07 Å². The molecular formula is C13H13ClFN. The fraction of sp³-hybridized carbons (Fsp3) is 0.462. The molecule has 1 aromatic rings. The molecule has 0 aliphatic heterocycles. The van der Waals surface area contributed by atoms with Crippen LogP contribution >= 0.6 is 11.6 Å². The molecule has 0 unspecified atom stereocenters. The van der Waals surface area contributed by atoms with Crippen molar-refractivity contribution in [2.75, 3.05) is 0 Å². The average Bonchev–Trinajstić information content (AvgIpc) is 2.73. The Labute approximate surface area is 99.8 Å². The number of halogens is 2. The SMILES string of the molecule is N#CC1(Cc2ccc(F)c(Cl)c2)CCCC1. The number of rotatable bonds is 2. The molecule has 1 aliphatic rings. The molecule has 16 heavy (non-hydrogen) atoms. The Hall–Kier alpha value is -1.07. The van der Waals surface area contributed by atoms with Crippen LogP contribution in [0.15, 0.2) is 18.2 Å². The molecule has 1 saturated carbocycles. The first-order valence-corrected chi connectivity index (χ1v) is 5.88. The van der Waals surface area contributed by atoms with Gasteiger partial charge >= 0.3 is 0 Å². The van der Waals surface area contributed by atoms with Gasteiger partial charge < -0.3 is 0 Å². The van der Waals surface area contributed by atoms with Gasteiger partial charge in [-0.3, -0.25) is 0 Å². The van der Waals surface area contributed by atoms with Crippen LogP contribution in [0.4, 0.5) is 4.39 Å². The Morgan fingerprint density at radius 1 is 1.38 bits per heavy atom. The third-order valence-corrected chi connectivity index (χ3v) is 3.61. The maximum absolute atomic E-state index is 13.0. The van der Waals surface area contributed by atoms with Crippen LogP contribution in [0, 0.1) is 22.6 Å². The third kappa shape index (κ3) is 2.20. The lowest BCUT2D eigenvalue weighted by Crippen LogP contribution is -2.16. The van der Waals surface area contributed by atoms with Crippen molar-refractivity contribution in [2.45, 2.75) is 32.1 Å². The quantitative estimate of drug-likeness (QED) is 0.760. The van der Waals surface area contributed by atoms with Gasteiger partial charge in [0.2, 0.25) is 0 Å². The zero-order valence-electron chi connectivity index (χ0n) is 8.97. The number of benzene rings is 1. The van der Waals surface area contributed by atoms with Crippen LogP contribution in [-0.2, 0) is 6.42 Å². The number of hydrogen-bond acceptors (Lipinski definition) is 1. The van der Waals surface area contributed by atoms with E-state index in [9.17, 15) is 9.65 Å². The smallest absolute Gasteiger partial charge is 0.141 e. The van der Waals surface area contributed by atoms with E-state index in [1.807, 2.05) is 0 Å². The molecule has 0 amide bonds. The van der Waals surface area contributed by atoms with E-state index in [1.54, 1.807) is 12.1 Å². The van der Waals surface area contributed by atoms with Gasteiger partial charge in [0.15, 0.2) is 0 Å². The molecule has 0 aromatic heterocycles. The number of nitriles is 1. The Morgan fingerprint density at radius 2 is 2.06 bits per heavy atom. The van der Waals surface area contributed by atoms with Crippen molar-refractivity contribution in [3.05, 3.63) is 34.6 Å². The molecule has 84 valence electrons. The lowest BCUT2D eigenvalue weighted by Gasteiger charge is -2.20. The van der Waals surface area contributed by atoms with Crippen LogP contribution < -0.4 is 0 Å². The summed E-state index contributed by atoms with van der Waals surface area (Å²) in [6.07, 6.45) is 4.80. The van der Waals surface area contributed by atoms with E-state index < -0.39 is 5.82 Å². The van der Waals surface area contributed by atoms with Crippen molar-refractivity contribution < 1.29 is 4.39 Å². The minimum Gasteiger partial charge on any atom is -0.205 e. The lowest BCUT2D eigenvalue weighted by molar-refractivity contribution is 0.407. The summed E-state index contributed by atoms with van der Waals surface area (Å²) in [5, 5.41) is 9.39. The molecule has 1 aromatic carbocycles.